The predicted octanol–water partition coefficient (Wildman–Crippen LogP) is 4.87. The fraction of sp³-hybridized carbons (Fsp3) is 0.278. The van der Waals surface area contributed by atoms with Crippen LogP contribution in [0, 0.1) is 20.8 Å². The van der Waals surface area contributed by atoms with Gasteiger partial charge in [0, 0.05) is 10.0 Å². The maximum atomic E-state index is 12.5. The van der Waals surface area contributed by atoms with Gasteiger partial charge in [-0.15, -0.1) is 0 Å². The molecule has 110 valence electrons. The molecule has 0 aliphatic heterocycles. The van der Waals surface area contributed by atoms with E-state index >= 15 is 0 Å². The smallest absolute Gasteiger partial charge is 0.252 e. The highest BCUT2D eigenvalue weighted by Crippen LogP contribution is 2.21. The van der Waals surface area contributed by atoms with Crippen LogP contribution in [0.2, 0.25) is 0 Å². The average Bonchev–Trinajstić information content (AvgIpc) is 2.43. The summed E-state index contributed by atoms with van der Waals surface area (Å²) in [7, 11) is 0. The molecule has 21 heavy (non-hydrogen) atoms. The largest absolute Gasteiger partial charge is 0.345 e. The maximum Gasteiger partial charge on any atom is 0.252 e. The van der Waals surface area contributed by atoms with Crippen molar-refractivity contribution >= 4 is 21.8 Å². The molecule has 0 saturated heterocycles. The predicted molar refractivity (Wildman–Crippen MR) is 90.7 cm³/mol. The van der Waals surface area contributed by atoms with Crippen molar-refractivity contribution in [2.24, 2.45) is 0 Å². The van der Waals surface area contributed by atoms with Gasteiger partial charge in [0.25, 0.3) is 5.91 Å². The number of carbonyl (C=O) groups is 1. The second-order valence-electron chi connectivity index (χ2n) is 5.51. The van der Waals surface area contributed by atoms with E-state index in [1.165, 1.54) is 11.1 Å². The summed E-state index contributed by atoms with van der Waals surface area (Å²) >= 11 is 3.42. The molecule has 2 nitrogen and oxygen atoms in total. The lowest BCUT2D eigenvalue weighted by atomic mass is 9.99. The molecule has 1 N–H and O–H groups in total. The van der Waals surface area contributed by atoms with Crippen molar-refractivity contribution < 1.29 is 4.79 Å². The Morgan fingerprint density at radius 2 is 1.71 bits per heavy atom. The fourth-order valence-electron chi connectivity index (χ4n) is 2.42. The summed E-state index contributed by atoms with van der Waals surface area (Å²) in [6.07, 6.45) is 0. The third kappa shape index (κ3) is 3.73. The summed E-state index contributed by atoms with van der Waals surface area (Å²) in [6.45, 7) is 8.11. The second kappa shape index (κ2) is 6.44. The molecule has 2 rings (SSSR count). The molecular weight excluding hydrogens is 326 g/mol. The third-order valence-electron chi connectivity index (χ3n) is 3.69. The van der Waals surface area contributed by atoms with Crippen LogP contribution < -0.4 is 5.32 Å². The van der Waals surface area contributed by atoms with E-state index in [2.05, 4.69) is 53.3 Å². The Hall–Kier alpha value is -1.61. The lowest BCUT2D eigenvalue weighted by Gasteiger charge is -2.18. The van der Waals surface area contributed by atoms with E-state index in [1.54, 1.807) is 0 Å². The van der Waals surface area contributed by atoms with Gasteiger partial charge in [0.15, 0.2) is 0 Å². The van der Waals surface area contributed by atoms with Gasteiger partial charge in [-0.3, -0.25) is 4.79 Å². The van der Waals surface area contributed by atoms with Gasteiger partial charge in [-0.2, -0.15) is 0 Å². The van der Waals surface area contributed by atoms with Crippen LogP contribution in [0.4, 0.5) is 0 Å². The molecule has 1 amide bonds. The van der Waals surface area contributed by atoms with Crippen LogP contribution in [0.5, 0.6) is 0 Å². The van der Waals surface area contributed by atoms with E-state index in [1.807, 2.05) is 32.0 Å². The molecule has 2 aromatic carbocycles. The molecule has 1 unspecified atom stereocenters. The zero-order valence-electron chi connectivity index (χ0n) is 12.8. The summed E-state index contributed by atoms with van der Waals surface area (Å²) in [6, 6.07) is 12.1. The normalized spacial score (nSPS) is 12.0. The summed E-state index contributed by atoms with van der Waals surface area (Å²) in [5.74, 6) is -0.0396. The molecule has 1 atom stereocenters. The van der Waals surface area contributed by atoms with Crippen molar-refractivity contribution in [2.75, 3.05) is 0 Å². The van der Waals surface area contributed by atoms with Crippen LogP contribution >= 0.6 is 15.9 Å². The molecule has 0 aliphatic rings. The SMILES string of the molecule is Cc1ccc(C)c(C(C)NC(=O)c2cc(Br)ccc2C)c1. The van der Waals surface area contributed by atoms with Crippen molar-refractivity contribution in [1.82, 2.24) is 5.32 Å². The van der Waals surface area contributed by atoms with Gasteiger partial charge in [0.1, 0.15) is 0 Å². The summed E-state index contributed by atoms with van der Waals surface area (Å²) < 4.78 is 0.914. The summed E-state index contributed by atoms with van der Waals surface area (Å²) in [4.78, 5) is 12.5. The van der Waals surface area contributed by atoms with E-state index in [-0.39, 0.29) is 11.9 Å². The van der Waals surface area contributed by atoms with Gasteiger partial charge >= 0.3 is 0 Å². The van der Waals surface area contributed by atoms with Crippen molar-refractivity contribution in [2.45, 2.75) is 33.7 Å². The number of hydrogen-bond donors (Lipinski definition) is 1. The Kier molecular flexibility index (Phi) is 4.84. The minimum atomic E-state index is -0.0396. The first-order valence-electron chi connectivity index (χ1n) is 7.02. The van der Waals surface area contributed by atoms with Gasteiger partial charge in [-0.25, -0.2) is 0 Å². The first-order chi connectivity index (χ1) is 9.88. The quantitative estimate of drug-likeness (QED) is 0.844. The summed E-state index contributed by atoms with van der Waals surface area (Å²) in [5, 5.41) is 3.09. The van der Waals surface area contributed by atoms with Crippen molar-refractivity contribution in [1.29, 1.82) is 0 Å². The zero-order valence-corrected chi connectivity index (χ0v) is 14.4. The first-order valence-corrected chi connectivity index (χ1v) is 7.82. The molecule has 0 saturated carbocycles. The molecule has 0 aliphatic carbocycles. The van der Waals surface area contributed by atoms with E-state index < -0.39 is 0 Å². The Morgan fingerprint density at radius 3 is 2.43 bits per heavy atom. The number of amides is 1. The number of halogens is 1. The lowest BCUT2D eigenvalue weighted by molar-refractivity contribution is 0.0939. The molecular formula is C18H20BrNO. The van der Waals surface area contributed by atoms with Gasteiger partial charge in [-0.05, 0) is 56.5 Å². The van der Waals surface area contributed by atoms with Crippen molar-refractivity contribution in [3.05, 3.63) is 68.7 Å². The lowest BCUT2D eigenvalue weighted by Crippen LogP contribution is -2.27. The Bertz CT molecular complexity index is 679. The minimum Gasteiger partial charge on any atom is -0.345 e. The Labute approximate surface area is 134 Å². The molecule has 0 aromatic heterocycles. The van der Waals surface area contributed by atoms with Crippen LogP contribution in [0.25, 0.3) is 0 Å². The number of carbonyl (C=O) groups excluding carboxylic acids is 1. The third-order valence-corrected chi connectivity index (χ3v) is 4.19. The van der Waals surface area contributed by atoms with E-state index in [9.17, 15) is 4.79 Å². The maximum absolute atomic E-state index is 12.5. The topological polar surface area (TPSA) is 29.1 Å². The van der Waals surface area contributed by atoms with Gasteiger partial charge < -0.3 is 5.32 Å². The average molecular weight is 346 g/mol. The Morgan fingerprint density at radius 1 is 1.05 bits per heavy atom. The molecule has 0 spiro atoms. The number of benzene rings is 2. The van der Waals surface area contributed by atoms with Crippen LogP contribution in [0.15, 0.2) is 40.9 Å². The van der Waals surface area contributed by atoms with Crippen molar-refractivity contribution in [3.8, 4) is 0 Å². The molecule has 0 bridgehead atoms. The molecule has 2 aromatic rings. The minimum absolute atomic E-state index is 0.0178. The van der Waals surface area contributed by atoms with Crippen LogP contribution in [-0.4, -0.2) is 5.91 Å². The van der Waals surface area contributed by atoms with Gasteiger partial charge in [0.2, 0.25) is 0 Å². The van der Waals surface area contributed by atoms with Gasteiger partial charge in [-0.1, -0.05) is 45.8 Å². The molecule has 0 radical (unpaired) electrons. The molecule has 0 heterocycles. The highest BCUT2D eigenvalue weighted by atomic mass is 79.9. The van der Waals surface area contributed by atoms with Crippen LogP contribution in [0.3, 0.4) is 0 Å². The van der Waals surface area contributed by atoms with E-state index in [0.29, 0.717) is 5.56 Å². The molecule has 3 heteroatoms. The zero-order chi connectivity index (χ0) is 15.6. The Balaban J connectivity index is 2.23. The number of nitrogens with one attached hydrogen (secondary N) is 1. The van der Waals surface area contributed by atoms with Gasteiger partial charge in [0.05, 0.1) is 6.04 Å². The number of hydrogen-bond acceptors (Lipinski definition) is 1. The first kappa shape index (κ1) is 15.8. The van der Waals surface area contributed by atoms with Crippen molar-refractivity contribution in [3.63, 3.8) is 0 Å². The second-order valence-corrected chi connectivity index (χ2v) is 6.43. The number of rotatable bonds is 3. The van der Waals surface area contributed by atoms with Crippen LogP contribution in [0.1, 0.15) is 45.6 Å². The number of aryl methyl sites for hydroxylation is 3. The fourth-order valence-corrected chi connectivity index (χ4v) is 2.78. The van der Waals surface area contributed by atoms with Crippen LogP contribution in [-0.2, 0) is 0 Å². The highest BCUT2D eigenvalue weighted by molar-refractivity contribution is 9.10. The molecule has 0 fully saturated rings. The summed E-state index contributed by atoms with van der Waals surface area (Å²) in [5.41, 5.74) is 5.25. The van der Waals surface area contributed by atoms with E-state index in [0.717, 1.165) is 15.6 Å². The highest BCUT2D eigenvalue weighted by Gasteiger charge is 2.15. The standard InChI is InChI=1S/C18H20BrNO/c1-11-5-6-12(2)16(9-11)14(4)20-18(21)17-10-15(19)8-7-13(17)3/h5-10,14H,1-4H3,(H,20,21). The monoisotopic (exact) mass is 345 g/mol. The van der Waals surface area contributed by atoms with E-state index in [4.69, 9.17) is 0 Å².